The van der Waals surface area contributed by atoms with Crippen molar-refractivity contribution in [2.75, 3.05) is 0 Å². The van der Waals surface area contributed by atoms with E-state index in [1.54, 1.807) is 13.0 Å². The summed E-state index contributed by atoms with van der Waals surface area (Å²) in [5, 5.41) is 23.3. The van der Waals surface area contributed by atoms with Crippen LogP contribution >= 0.6 is 0 Å². The number of aryl methyl sites for hydroxylation is 3. The Bertz CT molecular complexity index is 799. The number of carbonyl (C=O) groups is 2. The summed E-state index contributed by atoms with van der Waals surface area (Å²) >= 11 is 0. The molecule has 0 aliphatic carbocycles. The molecule has 0 bridgehead atoms. The Balaban J connectivity index is 0.00000338. The number of carbonyl (C=O) groups excluding carboxylic acids is 2. The normalized spacial score (nSPS) is 10.3. The minimum atomic E-state index is -1.19. The van der Waals surface area contributed by atoms with Gasteiger partial charge in [0.1, 0.15) is 0 Å². The second-order valence-electron chi connectivity index (χ2n) is 6.47. The maximum atomic E-state index is 11.4. The molecule has 7 heteroatoms. The second-order valence-corrected chi connectivity index (χ2v) is 6.47. The van der Waals surface area contributed by atoms with Crippen LogP contribution in [0.2, 0.25) is 0 Å². The van der Waals surface area contributed by atoms with Crippen LogP contribution in [0.5, 0.6) is 0 Å². The average Bonchev–Trinajstić information content (AvgIpc) is 2.84. The van der Waals surface area contributed by atoms with Crippen molar-refractivity contribution in [3.63, 3.8) is 0 Å². The summed E-state index contributed by atoms with van der Waals surface area (Å²) in [5.41, 5.74) is 3.78. The number of aromatic nitrogens is 1. The standard InChI is InChI=1S/C20H27NO4.2Na/c1-4-6-7-8-17-14(9-10-19(22)23)16-11-13(3)15(20(24)25)12-18(16)21(17)5-2;;/h11-12H,4-10H2,1-3H3,(H,22,23)(H,24,25);;/q;2*+1/p-2. The van der Waals surface area contributed by atoms with Crippen molar-refractivity contribution >= 4 is 22.8 Å². The van der Waals surface area contributed by atoms with Crippen molar-refractivity contribution in [3.8, 4) is 0 Å². The zero-order chi connectivity index (χ0) is 18.6. The van der Waals surface area contributed by atoms with Gasteiger partial charge >= 0.3 is 59.1 Å². The van der Waals surface area contributed by atoms with Gasteiger partial charge in [-0.25, -0.2) is 0 Å². The topological polar surface area (TPSA) is 85.2 Å². The van der Waals surface area contributed by atoms with Gasteiger partial charge in [-0.15, -0.1) is 0 Å². The molecule has 0 unspecified atom stereocenters. The Morgan fingerprint density at radius 2 is 1.70 bits per heavy atom. The Morgan fingerprint density at radius 3 is 2.22 bits per heavy atom. The summed E-state index contributed by atoms with van der Waals surface area (Å²) in [6.45, 7) is 6.61. The maximum absolute atomic E-state index is 11.4. The van der Waals surface area contributed by atoms with Crippen LogP contribution < -0.4 is 69.3 Å². The first-order chi connectivity index (χ1) is 11.9. The van der Waals surface area contributed by atoms with E-state index in [1.165, 1.54) is 0 Å². The SMILES string of the molecule is CCCCCc1c(CCC(=O)[O-])c2cc(C)c(C(=O)[O-])cc2n1CC.[Na+].[Na+]. The molecular weight excluding hydrogens is 364 g/mol. The molecule has 0 radical (unpaired) electrons. The number of aromatic carboxylic acids is 1. The molecule has 0 saturated carbocycles. The van der Waals surface area contributed by atoms with Crippen molar-refractivity contribution < 1.29 is 78.9 Å². The molecule has 0 aliphatic heterocycles. The number of hydrogen-bond acceptors (Lipinski definition) is 4. The van der Waals surface area contributed by atoms with E-state index in [-0.39, 0.29) is 71.1 Å². The van der Waals surface area contributed by atoms with E-state index in [1.807, 2.05) is 13.0 Å². The predicted octanol–water partition coefficient (Wildman–Crippen LogP) is -4.24. The number of hydrogen-bond donors (Lipinski definition) is 0. The zero-order valence-electron chi connectivity index (χ0n) is 17.2. The van der Waals surface area contributed by atoms with Crippen molar-refractivity contribution in [2.45, 2.75) is 65.8 Å². The molecule has 27 heavy (non-hydrogen) atoms. The third-order valence-electron chi connectivity index (χ3n) is 4.77. The Labute approximate surface area is 205 Å². The smallest absolute Gasteiger partial charge is 0.550 e. The van der Waals surface area contributed by atoms with Gasteiger partial charge in [-0.05, 0) is 62.8 Å². The van der Waals surface area contributed by atoms with E-state index in [9.17, 15) is 19.8 Å². The number of fused-ring (bicyclic) bond motifs is 1. The fourth-order valence-electron chi connectivity index (χ4n) is 3.54. The zero-order valence-corrected chi connectivity index (χ0v) is 21.2. The van der Waals surface area contributed by atoms with Crippen LogP contribution in [-0.4, -0.2) is 16.5 Å². The molecule has 5 nitrogen and oxygen atoms in total. The van der Waals surface area contributed by atoms with Gasteiger partial charge < -0.3 is 24.4 Å². The number of benzene rings is 1. The first-order valence-corrected chi connectivity index (χ1v) is 8.96. The molecule has 0 amide bonds. The molecule has 0 fully saturated rings. The minimum Gasteiger partial charge on any atom is -0.550 e. The Hall–Kier alpha value is -0.300. The van der Waals surface area contributed by atoms with Crippen molar-refractivity contribution in [2.24, 2.45) is 0 Å². The van der Waals surface area contributed by atoms with Gasteiger partial charge in [0.25, 0.3) is 0 Å². The molecule has 0 aliphatic rings. The van der Waals surface area contributed by atoms with Gasteiger partial charge in [0.2, 0.25) is 0 Å². The van der Waals surface area contributed by atoms with Crippen molar-refractivity contribution in [1.29, 1.82) is 0 Å². The molecule has 1 heterocycles. The summed E-state index contributed by atoms with van der Waals surface area (Å²) in [7, 11) is 0. The number of unbranched alkanes of at least 4 members (excludes halogenated alkanes) is 2. The van der Waals surface area contributed by atoms with Crippen LogP contribution in [0.3, 0.4) is 0 Å². The molecule has 0 atom stereocenters. The van der Waals surface area contributed by atoms with Crippen LogP contribution in [0.4, 0.5) is 0 Å². The number of rotatable bonds is 9. The number of nitrogens with zero attached hydrogens (tertiary/aromatic N) is 1. The number of aliphatic carboxylic acids is 1. The third-order valence-corrected chi connectivity index (χ3v) is 4.77. The van der Waals surface area contributed by atoms with Gasteiger partial charge in [0.05, 0.1) is 5.97 Å². The van der Waals surface area contributed by atoms with Crippen LogP contribution in [0.25, 0.3) is 10.9 Å². The molecule has 0 saturated heterocycles. The van der Waals surface area contributed by atoms with Crippen LogP contribution in [-0.2, 0) is 24.2 Å². The third kappa shape index (κ3) is 6.34. The van der Waals surface area contributed by atoms with Crippen molar-refractivity contribution in [3.05, 3.63) is 34.5 Å². The summed E-state index contributed by atoms with van der Waals surface area (Å²) in [4.78, 5) is 22.3. The van der Waals surface area contributed by atoms with E-state index in [4.69, 9.17) is 0 Å². The van der Waals surface area contributed by atoms with Gasteiger partial charge in [-0.3, -0.25) is 0 Å². The monoisotopic (exact) mass is 389 g/mol. The van der Waals surface area contributed by atoms with Gasteiger partial charge in [0.15, 0.2) is 0 Å². The fourth-order valence-corrected chi connectivity index (χ4v) is 3.54. The van der Waals surface area contributed by atoms with E-state index in [2.05, 4.69) is 11.5 Å². The molecule has 0 spiro atoms. The Kier molecular flexibility index (Phi) is 12.2. The largest absolute Gasteiger partial charge is 1.00 e. The number of carboxylic acid groups (broad SMARTS) is 2. The molecule has 0 N–H and O–H groups in total. The summed E-state index contributed by atoms with van der Waals surface area (Å²) in [6, 6.07) is 3.51. The van der Waals surface area contributed by atoms with E-state index in [0.29, 0.717) is 18.5 Å². The summed E-state index contributed by atoms with van der Waals surface area (Å²) in [5.74, 6) is -2.26. The molecule has 2 aromatic rings. The summed E-state index contributed by atoms with van der Waals surface area (Å²) < 4.78 is 2.11. The minimum absolute atomic E-state index is 0. The molecule has 1 aromatic carbocycles. The average molecular weight is 389 g/mol. The second kappa shape index (κ2) is 12.3. The van der Waals surface area contributed by atoms with E-state index < -0.39 is 11.9 Å². The van der Waals surface area contributed by atoms with Crippen LogP contribution in [0, 0.1) is 6.92 Å². The summed E-state index contributed by atoms with van der Waals surface area (Å²) in [6.07, 6.45) is 4.46. The van der Waals surface area contributed by atoms with Crippen molar-refractivity contribution in [1.82, 2.24) is 4.57 Å². The van der Waals surface area contributed by atoms with E-state index >= 15 is 0 Å². The predicted molar refractivity (Wildman–Crippen MR) is 93.2 cm³/mol. The van der Waals surface area contributed by atoms with Gasteiger partial charge in [0, 0.05) is 34.7 Å². The molecule has 1 aromatic heterocycles. The maximum Gasteiger partial charge on any atom is 1.00 e. The van der Waals surface area contributed by atoms with Gasteiger partial charge in [-0.1, -0.05) is 19.8 Å². The molecule has 2 rings (SSSR count). The van der Waals surface area contributed by atoms with Gasteiger partial charge in [-0.2, -0.15) is 0 Å². The fraction of sp³-hybridized carbons (Fsp3) is 0.500. The molecule has 136 valence electrons. The number of carboxylic acids is 2. The first-order valence-electron chi connectivity index (χ1n) is 8.96. The van der Waals surface area contributed by atoms with Crippen LogP contribution in [0.1, 0.15) is 66.7 Å². The van der Waals surface area contributed by atoms with E-state index in [0.717, 1.165) is 47.8 Å². The van der Waals surface area contributed by atoms with Crippen LogP contribution in [0.15, 0.2) is 12.1 Å². The Morgan fingerprint density at radius 1 is 1.04 bits per heavy atom. The molecular formula is C20H25NNa2O4. The quantitative estimate of drug-likeness (QED) is 0.321. The first kappa shape index (κ1) is 26.7.